The zero-order chi connectivity index (χ0) is 24.3. The van der Waals surface area contributed by atoms with Crippen LogP contribution in [0, 0.1) is 10.1 Å². The summed E-state index contributed by atoms with van der Waals surface area (Å²) in [5.41, 5.74) is 1.32. The summed E-state index contributed by atoms with van der Waals surface area (Å²) in [7, 11) is -3.99. The standard InChI is InChI=1S/C22H22ClN5O5S/c1-2-33-18-6-3-16(4-7-18)20-14-22(25-15-24-20)26-9-11-27(12-10-26)34(31,32)21-13-17(28(29)30)5-8-19(21)23/h3-8,13-15H,2,9-12H2,1H3. The number of aromatic nitrogens is 2. The molecule has 2 heterocycles. The molecular weight excluding hydrogens is 482 g/mol. The minimum Gasteiger partial charge on any atom is -0.494 e. The molecule has 0 atom stereocenters. The van der Waals surface area contributed by atoms with Gasteiger partial charge in [0, 0.05) is 49.9 Å². The second kappa shape index (κ2) is 9.92. The van der Waals surface area contributed by atoms with E-state index in [0.717, 1.165) is 23.1 Å². The molecule has 0 spiro atoms. The van der Waals surface area contributed by atoms with E-state index in [4.69, 9.17) is 16.3 Å². The molecule has 0 bridgehead atoms. The highest BCUT2D eigenvalue weighted by Gasteiger charge is 2.31. The maximum atomic E-state index is 13.1. The molecule has 178 valence electrons. The average Bonchev–Trinajstić information content (AvgIpc) is 2.85. The molecule has 0 N–H and O–H groups in total. The number of ether oxygens (including phenoxy) is 1. The highest BCUT2D eigenvalue weighted by atomic mass is 35.5. The van der Waals surface area contributed by atoms with Crippen LogP contribution in [0.1, 0.15) is 6.92 Å². The van der Waals surface area contributed by atoms with Gasteiger partial charge in [-0.25, -0.2) is 18.4 Å². The van der Waals surface area contributed by atoms with Gasteiger partial charge in [0.1, 0.15) is 22.8 Å². The molecule has 4 rings (SSSR count). The summed E-state index contributed by atoms with van der Waals surface area (Å²) in [5, 5.41) is 11.0. The van der Waals surface area contributed by atoms with Crippen molar-refractivity contribution >= 4 is 33.1 Å². The van der Waals surface area contributed by atoms with Crippen LogP contribution in [0.4, 0.5) is 11.5 Å². The molecular formula is C22H22ClN5O5S. The van der Waals surface area contributed by atoms with Gasteiger partial charge >= 0.3 is 0 Å². The van der Waals surface area contributed by atoms with Gasteiger partial charge in [0.05, 0.1) is 22.2 Å². The number of hydrogen-bond acceptors (Lipinski definition) is 8. The number of piperazine rings is 1. The Morgan fingerprint density at radius 1 is 1.06 bits per heavy atom. The van der Waals surface area contributed by atoms with Crippen LogP contribution in [-0.2, 0) is 10.0 Å². The Hall–Kier alpha value is -3.28. The van der Waals surface area contributed by atoms with Crippen LogP contribution in [0.15, 0.2) is 59.8 Å². The minimum atomic E-state index is -3.99. The van der Waals surface area contributed by atoms with Crippen molar-refractivity contribution in [2.45, 2.75) is 11.8 Å². The summed E-state index contributed by atoms with van der Waals surface area (Å²) < 4.78 is 33.0. The van der Waals surface area contributed by atoms with Gasteiger partial charge in [0.25, 0.3) is 5.69 Å². The Labute approximate surface area is 202 Å². The van der Waals surface area contributed by atoms with Gasteiger partial charge in [0.15, 0.2) is 0 Å². The number of halogens is 1. The van der Waals surface area contributed by atoms with E-state index in [1.807, 2.05) is 42.2 Å². The fraction of sp³-hybridized carbons (Fsp3) is 0.273. The molecule has 0 aliphatic carbocycles. The van der Waals surface area contributed by atoms with Gasteiger partial charge in [-0.1, -0.05) is 11.6 Å². The van der Waals surface area contributed by atoms with E-state index in [0.29, 0.717) is 25.5 Å². The predicted molar refractivity (Wildman–Crippen MR) is 128 cm³/mol. The molecule has 0 amide bonds. The number of nitro benzene ring substituents is 1. The van der Waals surface area contributed by atoms with Crippen LogP contribution in [0.5, 0.6) is 5.75 Å². The number of hydrogen-bond donors (Lipinski definition) is 0. The van der Waals surface area contributed by atoms with Gasteiger partial charge in [-0.15, -0.1) is 0 Å². The van der Waals surface area contributed by atoms with Crippen molar-refractivity contribution in [3.8, 4) is 17.0 Å². The van der Waals surface area contributed by atoms with E-state index < -0.39 is 14.9 Å². The van der Waals surface area contributed by atoms with Gasteiger partial charge < -0.3 is 9.64 Å². The monoisotopic (exact) mass is 503 g/mol. The van der Waals surface area contributed by atoms with Crippen molar-refractivity contribution < 1.29 is 18.1 Å². The van der Waals surface area contributed by atoms with E-state index in [1.165, 1.54) is 22.8 Å². The van der Waals surface area contributed by atoms with Crippen LogP contribution in [0.3, 0.4) is 0 Å². The second-order valence-corrected chi connectivity index (χ2v) is 9.80. The average molecular weight is 504 g/mol. The lowest BCUT2D eigenvalue weighted by Gasteiger charge is -2.34. The smallest absolute Gasteiger partial charge is 0.270 e. The Kier molecular flexibility index (Phi) is 6.96. The fourth-order valence-electron chi connectivity index (χ4n) is 3.67. The molecule has 10 nitrogen and oxygen atoms in total. The Morgan fingerprint density at radius 3 is 2.41 bits per heavy atom. The number of non-ortho nitro benzene ring substituents is 1. The summed E-state index contributed by atoms with van der Waals surface area (Å²) in [6.07, 6.45) is 1.48. The summed E-state index contributed by atoms with van der Waals surface area (Å²) >= 11 is 6.07. The Bertz CT molecular complexity index is 1300. The number of rotatable bonds is 7. The zero-order valence-electron chi connectivity index (χ0n) is 18.3. The van der Waals surface area contributed by atoms with Crippen molar-refractivity contribution in [1.82, 2.24) is 14.3 Å². The quantitative estimate of drug-likeness (QED) is 0.354. The number of nitro groups is 1. The third kappa shape index (κ3) is 4.96. The summed E-state index contributed by atoms with van der Waals surface area (Å²) in [6, 6.07) is 12.9. The van der Waals surface area contributed by atoms with Crippen molar-refractivity contribution in [2.75, 3.05) is 37.7 Å². The number of benzene rings is 2. The molecule has 1 aliphatic rings. The first kappa shape index (κ1) is 23.9. The van der Waals surface area contributed by atoms with Crippen LogP contribution >= 0.6 is 11.6 Å². The van der Waals surface area contributed by atoms with Crippen LogP contribution in [0.2, 0.25) is 5.02 Å². The molecule has 0 saturated carbocycles. The van der Waals surface area contributed by atoms with E-state index in [-0.39, 0.29) is 28.7 Å². The zero-order valence-corrected chi connectivity index (χ0v) is 19.9. The predicted octanol–water partition coefficient (Wildman–Crippen LogP) is 3.61. The summed E-state index contributed by atoms with van der Waals surface area (Å²) in [4.78, 5) is 20.8. The van der Waals surface area contributed by atoms with Crippen LogP contribution in [-0.4, -0.2) is 60.4 Å². The summed E-state index contributed by atoms with van der Waals surface area (Å²) in [5.74, 6) is 1.46. The Balaban J connectivity index is 1.48. The van der Waals surface area contributed by atoms with Gasteiger partial charge in [-0.05, 0) is 37.3 Å². The third-order valence-electron chi connectivity index (χ3n) is 5.42. The van der Waals surface area contributed by atoms with Crippen LogP contribution < -0.4 is 9.64 Å². The molecule has 3 aromatic rings. The van der Waals surface area contributed by atoms with Crippen molar-refractivity contribution in [3.05, 3.63) is 70.0 Å². The molecule has 2 aromatic carbocycles. The first-order valence-electron chi connectivity index (χ1n) is 10.5. The maximum absolute atomic E-state index is 13.1. The third-order valence-corrected chi connectivity index (χ3v) is 7.80. The first-order chi connectivity index (χ1) is 16.3. The molecule has 1 aliphatic heterocycles. The molecule has 1 saturated heterocycles. The number of anilines is 1. The highest BCUT2D eigenvalue weighted by molar-refractivity contribution is 7.89. The molecule has 34 heavy (non-hydrogen) atoms. The molecule has 0 unspecified atom stereocenters. The largest absolute Gasteiger partial charge is 0.494 e. The van der Waals surface area contributed by atoms with Crippen LogP contribution in [0.25, 0.3) is 11.3 Å². The molecule has 1 fully saturated rings. The lowest BCUT2D eigenvalue weighted by atomic mass is 10.1. The normalized spacial score (nSPS) is 14.7. The molecule has 12 heteroatoms. The lowest BCUT2D eigenvalue weighted by molar-refractivity contribution is -0.385. The topological polar surface area (TPSA) is 119 Å². The number of sulfonamides is 1. The summed E-state index contributed by atoms with van der Waals surface area (Å²) in [6.45, 7) is 3.67. The number of nitrogens with zero attached hydrogens (tertiary/aromatic N) is 5. The fourth-order valence-corrected chi connectivity index (χ4v) is 5.58. The Morgan fingerprint density at radius 2 is 1.76 bits per heavy atom. The van der Waals surface area contributed by atoms with E-state index in [1.54, 1.807) is 0 Å². The minimum absolute atomic E-state index is 0.0520. The van der Waals surface area contributed by atoms with Crippen molar-refractivity contribution in [3.63, 3.8) is 0 Å². The highest BCUT2D eigenvalue weighted by Crippen LogP contribution is 2.30. The lowest BCUT2D eigenvalue weighted by Crippen LogP contribution is -2.49. The molecule has 0 radical (unpaired) electrons. The van der Waals surface area contributed by atoms with E-state index in [2.05, 4.69) is 9.97 Å². The van der Waals surface area contributed by atoms with Gasteiger partial charge in [-0.2, -0.15) is 4.31 Å². The van der Waals surface area contributed by atoms with E-state index >= 15 is 0 Å². The molecule has 1 aromatic heterocycles. The van der Waals surface area contributed by atoms with E-state index in [9.17, 15) is 18.5 Å². The van der Waals surface area contributed by atoms with Gasteiger partial charge in [-0.3, -0.25) is 10.1 Å². The second-order valence-electron chi connectivity index (χ2n) is 7.48. The SMILES string of the molecule is CCOc1ccc(-c2cc(N3CCN(S(=O)(=O)c4cc([N+](=O)[O-])ccc4Cl)CC3)ncn2)cc1. The first-order valence-corrected chi connectivity index (χ1v) is 12.4. The van der Waals surface area contributed by atoms with Gasteiger partial charge in [0.2, 0.25) is 10.0 Å². The maximum Gasteiger partial charge on any atom is 0.270 e. The van der Waals surface area contributed by atoms with Crippen molar-refractivity contribution in [2.24, 2.45) is 0 Å². The van der Waals surface area contributed by atoms with Crippen molar-refractivity contribution in [1.29, 1.82) is 0 Å².